The van der Waals surface area contributed by atoms with Gasteiger partial charge < -0.3 is 9.15 Å². The summed E-state index contributed by atoms with van der Waals surface area (Å²) in [4.78, 5) is 0. The average Bonchev–Trinajstić information content (AvgIpc) is 3.38. The van der Waals surface area contributed by atoms with Crippen molar-refractivity contribution in [2.24, 2.45) is 0 Å². The van der Waals surface area contributed by atoms with Gasteiger partial charge in [0.2, 0.25) is 5.82 Å². The van der Waals surface area contributed by atoms with Crippen LogP contribution in [0.2, 0.25) is 10.0 Å². The highest BCUT2D eigenvalue weighted by atomic mass is 35.5. The van der Waals surface area contributed by atoms with Gasteiger partial charge in [-0.25, -0.2) is 0 Å². The molecule has 0 radical (unpaired) electrons. The lowest BCUT2D eigenvalue weighted by atomic mass is 10.2. The van der Waals surface area contributed by atoms with Crippen LogP contribution in [-0.4, -0.2) is 21.9 Å². The zero-order chi connectivity index (χ0) is 19.5. The number of hydrogen-bond acceptors (Lipinski definition) is 5. The molecule has 5 nitrogen and oxygen atoms in total. The summed E-state index contributed by atoms with van der Waals surface area (Å²) in [6.07, 6.45) is 1.60. The second-order valence-corrected chi connectivity index (χ2v) is 7.57. The van der Waals surface area contributed by atoms with Gasteiger partial charge >= 0.3 is 0 Å². The predicted molar refractivity (Wildman–Crippen MR) is 112 cm³/mol. The fourth-order valence-electron chi connectivity index (χ4n) is 2.75. The fraction of sp³-hybridized carbons (Fsp3) is 0.100. The third-order valence-electron chi connectivity index (χ3n) is 4.09. The van der Waals surface area contributed by atoms with E-state index >= 15 is 0 Å². The third kappa shape index (κ3) is 3.76. The molecule has 0 bridgehead atoms. The van der Waals surface area contributed by atoms with Crippen LogP contribution in [0.3, 0.4) is 0 Å². The Labute approximate surface area is 176 Å². The minimum atomic E-state index is 0.457. The van der Waals surface area contributed by atoms with Gasteiger partial charge in [0, 0.05) is 11.3 Å². The Balaban J connectivity index is 1.74. The van der Waals surface area contributed by atoms with Gasteiger partial charge in [-0.15, -0.1) is 10.2 Å². The van der Waals surface area contributed by atoms with Gasteiger partial charge in [-0.2, -0.15) is 0 Å². The Hall–Kier alpha value is -2.41. The second-order valence-electron chi connectivity index (χ2n) is 5.82. The summed E-state index contributed by atoms with van der Waals surface area (Å²) in [5.41, 5.74) is 1.87. The van der Waals surface area contributed by atoms with Crippen LogP contribution in [0.1, 0.15) is 5.56 Å². The van der Waals surface area contributed by atoms with Crippen LogP contribution in [0.5, 0.6) is 5.75 Å². The van der Waals surface area contributed by atoms with Gasteiger partial charge in [0.25, 0.3) is 0 Å². The maximum absolute atomic E-state index is 6.24. The number of rotatable bonds is 6. The lowest BCUT2D eigenvalue weighted by Crippen LogP contribution is -2.00. The number of hydrogen-bond donors (Lipinski definition) is 0. The van der Waals surface area contributed by atoms with Crippen molar-refractivity contribution in [1.82, 2.24) is 14.8 Å². The van der Waals surface area contributed by atoms with Crippen molar-refractivity contribution in [3.8, 4) is 23.0 Å². The zero-order valence-electron chi connectivity index (χ0n) is 14.8. The third-order valence-corrected chi connectivity index (χ3v) is 5.80. The topological polar surface area (TPSA) is 53.1 Å². The molecule has 0 amide bonds. The van der Waals surface area contributed by atoms with E-state index in [1.165, 1.54) is 0 Å². The van der Waals surface area contributed by atoms with E-state index in [0.29, 0.717) is 32.5 Å². The van der Waals surface area contributed by atoms with E-state index in [9.17, 15) is 0 Å². The molecule has 2 aromatic heterocycles. The molecule has 0 aliphatic rings. The SMILES string of the molecule is COc1ccccc1CSc1nnc(-c2ccco2)n1-c1ccc(Cl)c(Cl)c1. The molecule has 0 aliphatic heterocycles. The number of para-hydroxylation sites is 1. The first kappa shape index (κ1) is 18.9. The molecule has 142 valence electrons. The van der Waals surface area contributed by atoms with E-state index in [4.69, 9.17) is 32.4 Å². The van der Waals surface area contributed by atoms with Crippen molar-refractivity contribution in [1.29, 1.82) is 0 Å². The first-order valence-electron chi connectivity index (χ1n) is 8.37. The number of nitrogens with zero attached hydrogens (tertiary/aromatic N) is 3. The van der Waals surface area contributed by atoms with Crippen LogP contribution in [0.15, 0.2) is 70.4 Å². The van der Waals surface area contributed by atoms with E-state index in [1.807, 2.05) is 47.0 Å². The van der Waals surface area contributed by atoms with Crippen LogP contribution in [-0.2, 0) is 5.75 Å². The summed E-state index contributed by atoms with van der Waals surface area (Å²) >= 11 is 13.9. The van der Waals surface area contributed by atoms with Gasteiger partial charge in [0.1, 0.15) is 5.75 Å². The summed E-state index contributed by atoms with van der Waals surface area (Å²) in [6.45, 7) is 0. The molecule has 0 saturated carbocycles. The summed E-state index contributed by atoms with van der Waals surface area (Å²) in [6, 6.07) is 16.9. The molecule has 0 saturated heterocycles. The molecule has 0 unspecified atom stereocenters. The van der Waals surface area contributed by atoms with Gasteiger partial charge in [0.15, 0.2) is 10.9 Å². The number of thioether (sulfide) groups is 1. The Bertz CT molecular complexity index is 1100. The van der Waals surface area contributed by atoms with Crippen LogP contribution in [0, 0.1) is 0 Å². The van der Waals surface area contributed by atoms with E-state index in [0.717, 1.165) is 17.0 Å². The first-order valence-corrected chi connectivity index (χ1v) is 10.1. The summed E-state index contributed by atoms with van der Waals surface area (Å²) < 4.78 is 12.9. The van der Waals surface area contributed by atoms with Crippen LogP contribution in [0.25, 0.3) is 17.3 Å². The molecule has 0 N–H and O–H groups in total. The van der Waals surface area contributed by atoms with E-state index in [-0.39, 0.29) is 0 Å². The Morgan fingerprint density at radius 2 is 1.89 bits per heavy atom. The molecule has 2 heterocycles. The predicted octanol–water partition coefficient (Wildman–Crippen LogP) is 6.14. The van der Waals surface area contributed by atoms with Crippen molar-refractivity contribution in [3.63, 3.8) is 0 Å². The fourth-order valence-corrected chi connectivity index (χ4v) is 3.99. The second kappa shape index (κ2) is 8.31. The first-order chi connectivity index (χ1) is 13.7. The van der Waals surface area contributed by atoms with Crippen molar-refractivity contribution < 1.29 is 9.15 Å². The van der Waals surface area contributed by atoms with Crippen LogP contribution < -0.4 is 4.74 Å². The summed E-state index contributed by atoms with van der Waals surface area (Å²) in [7, 11) is 1.66. The van der Waals surface area contributed by atoms with Gasteiger partial charge in [0.05, 0.1) is 29.1 Å². The Morgan fingerprint density at radius 1 is 1.04 bits per heavy atom. The minimum absolute atomic E-state index is 0.457. The van der Waals surface area contributed by atoms with Crippen molar-refractivity contribution >= 4 is 35.0 Å². The number of ether oxygens (including phenoxy) is 1. The molecule has 28 heavy (non-hydrogen) atoms. The molecular weight excluding hydrogens is 417 g/mol. The zero-order valence-corrected chi connectivity index (χ0v) is 17.1. The minimum Gasteiger partial charge on any atom is -0.496 e. The number of aromatic nitrogens is 3. The Kier molecular flexibility index (Phi) is 5.62. The number of furan rings is 1. The van der Waals surface area contributed by atoms with Gasteiger partial charge in [-0.05, 0) is 36.4 Å². The van der Waals surface area contributed by atoms with E-state index in [2.05, 4.69) is 10.2 Å². The summed E-state index contributed by atoms with van der Waals surface area (Å²) in [5.74, 6) is 2.71. The largest absolute Gasteiger partial charge is 0.496 e. The van der Waals surface area contributed by atoms with Crippen molar-refractivity contribution in [2.75, 3.05) is 7.11 Å². The average molecular weight is 432 g/mol. The van der Waals surface area contributed by atoms with Crippen molar-refractivity contribution in [3.05, 3.63) is 76.5 Å². The molecule has 4 rings (SSSR count). The molecule has 4 aromatic rings. The van der Waals surface area contributed by atoms with Gasteiger partial charge in [-0.3, -0.25) is 4.57 Å². The standard InChI is InChI=1S/C20H15Cl2N3O2S/c1-26-17-6-3-2-5-13(17)12-28-20-24-23-19(18-7-4-10-27-18)25(20)14-8-9-15(21)16(22)11-14/h2-11H,12H2,1H3. The summed E-state index contributed by atoms with van der Waals surface area (Å²) in [5, 5.41) is 10.4. The highest BCUT2D eigenvalue weighted by Crippen LogP contribution is 2.33. The van der Waals surface area contributed by atoms with Gasteiger partial charge in [-0.1, -0.05) is 53.2 Å². The molecular formula is C20H15Cl2N3O2S. The molecule has 2 aromatic carbocycles. The number of benzene rings is 2. The van der Waals surface area contributed by atoms with Crippen LogP contribution >= 0.6 is 35.0 Å². The number of methoxy groups -OCH3 is 1. The number of halogens is 2. The molecule has 0 atom stereocenters. The highest BCUT2D eigenvalue weighted by Gasteiger charge is 2.19. The van der Waals surface area contributed by atoms with E-state index in [1.54, 1.807) is 37.3 Å². The molecule has 0 spiro atoms. The smallest absolute Gasteiger partial charge is 0.205 e. The lowest BCUT2D eigenvalue weighted by molar-refractivity contribution is 0.411. The molecule has 0 fully saturated rings. The van der Waals surface area contributed by atoms with Crippen LogP contribution in [0.4, 0.5) is 0 Å². The van der Waals surface area contributed by atoms with Crippen molar-refractivity contribution in [2.45, 2.75) is 10.9 Å². The maximum Gasteiger partial charge on any atom is 0.205 e. The highest BCUT2D eigenvalue weighted by molar-refractivity contribution is 7.98. The Morgan fingerprint density at radius 3 is 2.64 bits per heavy atom. The lowest BCUT2D eigenvalue weighted by Gasteiger charge is -2.11. The molecule has 0 aliphatic carbocycles. The molecule has 8 heteroatoms. The quantitative estimate of drug-likeness (QED) is 0.343. The maximum atomic E-state index is 6.24. The van der Waals surface area contributed by atoms with E-state index < -0.39 is 0 Å². The normalized spacial score (nSPS) is 11.0. The monoisotopic (exact) mass is 431 g/mol.